The molecule has 0 fully saturated rings. The highest BCUT2D eigenvalue weighted by Gasteiger charge is 2.27. The molecule has 3 rings (SSSR count). The van der Waals surface area contributed by atoms with Crippen molar-refractivity contribution >= 4 is 46.2 Å². The molecule has 2 aromatic rings. The van der Waals surface area contributed by atoms with Gasteiger partial charge in [0.25, 0.3) is 0 Å². The quantitative estimate of drug-likeness (QED) is 0.665. The van der Waals surface area contributed by atoms with E-state index in [1.54, 1.807) is 6.07 Å². The normalized spacial score (nSPS) is 14.5. The van der Waals surface area contributed by atoms with Gasteiger partial charge in [0.05, 0.1) is 10.7 Å². The van der Waals surface area contributed by atoms with Gasteiger partial charge in [0, 0.05) is 22.3 Å². The molecule has 0 aromatic heterocycles. The van der Waals surface area contributed by atoms with Crippen LogP contribution >= 0.6 is 34.8 Å². The van der Waals surface area contributed by atoms with Gasteiger partial charge >= 0.3 is 0 Å². The molecule has 0 aliphatic carbocycles. The van der Waals surface area contributed by atoms with Gasteiger partial charge in [-0.3, -0.25) is 0 Å². The van der Waals surface area contributed by atoms with Gasteiger partial charge in [-0.2, -0.15) is 0 Å². The molecule has 0 N–H and O–H groups in total. The van der Waals surface area contributed by atoms with Crippen molar-refractivity contribution < 1.29 is 0 Å². The number of rotatable bonds is 2. The van der Waals surface area contributed by atoms with Crippen LogP contribution in [0.25, 0.3) is 5.70 Å². The Morgan fingerprint density at radius 2 is 1.55 bits per heavy atom. The van der Waals surface area contributed by atoms with E-state index in [-0.39, 0.29) is 0 Å². The van der Waals surface area contributed by atoms with E-state index in [2.05, 4.69) is 11.8 Å². The fourth-order valence-corrected chi connectivity index (χ4v) is 3.08. The molecular formula is C16H12Cl3N. The summed E-state index contributed by atoms with van der Waals surface area (Å²) < 4.78 is 0. The Balaban J connectivity index is 1.99. The maximum atomic E-state index is 6.29. The minimum absolute atomic E-state index is 0.646. The Labute approximate surface area is 133 Å². The summed E-state index contributed by atoms with van der Waals surface area (Å²) in [6, 6.07) is 13.4. The molecule has 0 bridgehead atoms. The highest BCUT2D eigenvalue weighted by atomic mass is 35.5. The average molecular weight is 325 g/mol. The van der Waals surface area contributed by atoms with Crippen molar-refractivity contribution in [3.8, 4) is 0 Å². The average Bonchev–Trinajstić information content (AvgIpc) is 2.39. The minimum Gasteiger partial charge on any atom is -0.336 e. The summed E-state index contributed by atoms with van der Waals surface area (Å²) in [5, 5.41) is 2.05. The van der Waals surface area contributed by atoms with Crippen LogP contribution in [0, 0.1) is 0 Å². The van der Waals surface area contributed by atoms with Crippen molar-refractivity contribution in [2.45, 2.75) is 6.92 Å². The summed E-state index contributed by atoms with van der Waals surface area (Å²) in [5.74, 6) is 0. The van der Waals surface area contributed by atoms with Crippen molar-refractivity contribution in [1.29, 1.82) is 0 Å². The van der Waals surface area contributed by atoms with Crippen LogP contribution in [-0.4, -0.2) is 6.54 Å². The topological polar surface area (TPSA) is 3.24 Å². The Morgan fingerprint density at radius 1 is 0.900 bits per heavy atom. The zero-order chi connectivity index (χ0) is 14.3. The highest BCUT2D eigenvalue weighted by Crippen LogP contribution is 2.41. The lowest BCUT2D eigenvalue weighted by Crippen LogP contribution is -2.34. The van der Waals surface area contributed by atoms with Crippen LogP contribution in [0.3, 0.4) is 0 Å². The van der Waals surface area contributed by atoms with Crippen molar-refractivity contribution in [1.82, 2.24) is 0 Å². The van der Waals surface area contributed by atoms with Gasteiger partial charge in [0.15, 0.2) is 0 Å². The second-order valence-corrected chi connectivity index (χ2v) is 6.10. The van der Waals surface area contributed by atoms with Gasteiger partial charge in [-0.25, -0.2) is 0 Å². The molecule has 102 valence electrons. The maximum Gasteiger partial charge on any atom is 0.0657 e. The van der Waals surface area contributed by atoms with Gasteiger partial charge in [-0.05, 0) is 48.4 Å². The largest absolute Gasteiger partial charge is 0.336 e. The van der Waals surface area contributed by atoms with E-state index < -0.39 is 0 Å². The van der Waals surface area contributed by atoms with Crippen molar-refractivity contribution in [3.05, 3.63) is 68.7 Å². The summed E-state index contributed by atoms with van der Waals surface area (Å²) in [7, 11) is 0. The lowest BCUT2D eigenvalue weighted by Gasteiger charge is -2.38. The molecule has 0 amide bonds. The van der Waals surface area contributed by atoms with E-state index in [1.807, 2.05) is 36.4 Å². The third-order valence-corrected chi connectivity index (χ3v) is 4.18. The summed E-state index contributed by atoms with van der Waals surface area (Å²) in [6.07, 6.45) is 0. The third kappa shape index (κ3) is 2.42. The number of anilines is 1. The second kappa shape index (κ2) is 5.33. The van der Waals surface area contributed by atoms with Gasteiger partial charge in [0.2, 0.25) is 0 Å². The molecule has 1 nitrogen and oxygen atoms in total. The Kier molecular flexibility index (Phi) is 3.68. The molecule has 0 spiro atoms. The first kappa shape index (κ1) is 13.8. The van der Waals surface area contributed by atoms with Crippen molar-refractivity contribution in [2.24, 2.45) is 0 Å². The van der Waals surface area contributed by atoms with Crippen molar-refractivity contribution in [2.75, 3.05) is 11.4 Å². The molecule has 1 aliphatic heterocycles. The first-order chi connectivity index (χ1) is 9.56. The van der Waals surface area contributed by atoms with Crippen LogP contribution in [0.1, 0.15) is 12.5 Å². The van der Waals surface area contributed by atoms with E-state index in [4.69, 9.17) is 34.8 Å². The predicted molar refractivity (Wildman–Crippen MR) is 87.9 cm³/mol. The molecule has 2 aromatic carbocycles. The number of hydrogen-bond acceptors (Lipinski definition) is 1. The van der Waals surface area contributed by atoms with E-state index in [9.17, 15) is 0 Å². The molecule has 4 heteroatoms. The molecule has 1 heterocycles. The predicted octanol–water partition coefficient (Wildman–Crippen LogP) is 5.90. The fraction of sp³-hybridized carbons (Fsp3) is 0.125. The van der Waals surface area contributed by atoms with Crippen LogP contribution in [0.4, 0.5) is 5.69 Å². The molecular weight excluding hydrogens is 313 g/mol. The first-order valence-electron chi connectivity index (χ1n) is 6.24. The zero-order valence-corrected chi connectivity index (χ0v) is 13.1. The summed E-state index contributed by atoms with van der Waals surface area (Å²) in [6.45, 7) is 3.00. The van der Waals surface area contributed by atoms with Gasteiger partial charge in [-0.15, -0.1) is 0 Å². The van der Waals surface area contributed by atoms with Crippen LogP contribution in [-0.2, 0) is 0 Å². The number of hydrogen-bond donors (Lipinski definition) is 0. The van der Waals surface area contributed by atoms with Gasteiger partial charge in [-0.1, -0.05) is 46.9 Å². The Morgan fingerprint density at radius 3 is 2.15 bits per heavy atom. The lowest BCUT2D eigenvalue weighted by atomic mass is 9.97. The highest BCUT2D eigenvalue weighted by molar-refractivity contribution is 6.36. The molecule has 0 saturated carbocycles. The molecule has 0 saturated heterocycles. The Bertz CT molecular complexity index is 689. The van der Waals surface area contributed by atoms with E-state index in [0.29, 0.717) is 10.0 Å². The maximum absolute atomic E-state index is 6.29. The number of halogens is 3. The van der Waals surface area contributed by atoms with E-state index >= 15 is 0 Å². The van der Waals surface area contributed by atoms with Crippen molar-refractivity contribution in [3.63, 3.8) is 0 Å². The van der Waals surface area contributed by atoms with E-state index in [1.165, 1.54) is 11.3 Å². The van der Waals surface area contributed by atoms with E-state index in [0.717, 1.165) is 22.8 Å². The lowest BCUT2D eigenvalue weighted by molar-refractivity contribution is 0.955. The third-order valence-electron chi connectivity index (χ3n) is 3.39. The van der Waals surface area contributed by atoms with Gasteiger partial charge in [0.1, 0.15) is 0 Å². The summed E-state index contributed by atoms with van der Waals surface area (Å²) in [4.78, 5) is 2.19. The summed E-state index contributed by atoms with van der Waals surface area (Å²) in [5.41, 5.74) is 4.64. The molecule has 0 unspecified atom stereocenters. The molecule has 0 atom stereocenters. The SMILES string of the molecule is CC1=C(c2ccc(Cl)cc2)N(c2ccc(Cl)cc2Cl)C1. The first-order valence-corrected chi connectivity index (χ1v) is 7.38. The van der Waals surface area contributed by atoms with Crippen LogP contribution in [0.5, 0.6) is 0 Å². The molecule has 20 heavy (non-hydrogen) atoms. The standard InChI is InChI=1S/C16H12Cl3N/c1-10-9-20(15-7-6-13(18)8-14(15)19)16(10)11-2-4-12(17)5-3-11/h2-8H,9H2,1H3. The number of benzene rings is 2. The van der Waals surface area contributed by atoms with Gasteiger partial charge < -0.3 is 4.90 Å². The monoisotopic (exact) mass is 323 g/mol. The Hall–Kier alpha value is -1.15. The molecule has 1 aliphatic rings. The second-order valence-electron chi connectivity index (χ2n) is 4.82. The zero-order valence-electron chi connectivity index (χ0n) is 10.8. The smallest absolute Gasteiger partial charge is 0.0657 e. The summed E-state index contributed by atoms with van der Waals surface area (Å²) >= 11 is 18.2. The molecule has 0 radical (unpaired) electrons. The van der Waals surface area contributed by atoms with Crippen LogP contribution in [0.15, 0.2) is 48.0 Å². The minimum atomic E-state index is 0.646. The number of nitrogens with zero attached hydrogens (tertiary/aromatic N) is 1. The van der Waals surface area contributed by atoms with Crippen LogP contribution in [0.2, 0.25) is 15.1 Å². The fourth-order valence-electron chi connectivity index (χ4n) is 2.45. The van der Waals surface area contributed by atoms with Crippen LogP contribution < -0.4 is 4.90 Å².